The maximum atomic E-state index is 3.58. The molecule has 4 heteroatoms. The average Bonchev–Trinajstić information content (AvgIpc) is 2.68. The second kappa shape index (κ2) is 6.14. The van der Waals surface area contributed by atoms with Crippen LogP contribution in [0, 0.1) is 0 Å². The van der Waals surface area contributed by atoms with Gasteiger partial charge in [-0.05, 0) is 46.1 Å². The Kier molecular flexibility index (Phi) is 4.79. The molecule has 0 unspecified atom stereocenters. The maximum Gasteiger partial charge on any atom is 0.0339 e. The van der Waals surface area contributed by atoms with Crippen molar-refractivity contribution in [2.45, 2.75) is 13.1 Å². The molecule has 1 heterocycles. The largest absolute Gasteiger partial charge is 0.297 e. The van der Waals surface area contributed by atoms with Crippen molar-refractivity contribution in [3.05, 3.63) is 55.1 Å². The molecule has 0 aliphatic rings. The normalized spacial score (nSPS) is 11.1. The molecular weight excluding hydrogens is 362 g/mol. The molecule has 0 radical (unpaired) electrons. The lowest BCUT2D eigenvalue weighted by Crippen LogP contribution is -2.17. The summed E-state index contributed by atoms with van der Waals surface area (Å²) >= 11 is 8.95. The van der Waals surface area contributed by atoms with Gasteiger partial charge in [-0.3, -0.25) is 4.90 Å². The number of hydrogen-bond donors (Lipinski definition) is 0. The predicted octanol–water partition coefficient (Wildman–Crippen LogP) is 4.91. The molecule has 0 N–H and O–H groups in total. The summed E-state index contributed by atoms with van der Waals surface area (Å²) in [7, 11) is 2.14. The van der Waals surface area contributed by atoms with E-state index in [2.05, 4.69) is 73.5 Å². The number of thiophene rings is 1. The Morgan fingerprint density at radius 2 is 1.82 bits per heavy atom. The molecule has 17 heavy (non-hydrogen) atoms. The molecule has 0 saturated heterocycles. The zero-order valence-corrected chi connectivity index (χ0v) is 13.5. The van der Waals surface area contributed by atoms with Crippen molar-refractivity contribution >= 4 is 43.2 Å². The number of rotatable bonds is 4. The molecule has 1 nitrogen and oxygen atoms in total. The highest BCUT2D eigenvalue weighted by Crippen LogP contribution is 2.25. The molecule has 0 bridgehead atoms. The van der Waals surface area contributed by atoms with Gasteiger partial charge in [-0.1, -0.05) is 34.1 Å². The third-order valence-corrected chi connectivity index (χ3v) is 5.19. The molecule has 1 aromatic heterocycles. The molecule has 0 spiro atoms. The summed E-state index contributed by atoms with van der Waals surface area (Å²) in [6.07, 6.45) is 0. The smallest absolute Gasteiger partial charge is 0.0339 e. The van der Waals surface area contributed by atoms with E-state index in [-0.39, 0.29) is 0 Å². The van der Waals surface area contributed by atoms with Gasteiger partial charge in [0, 0.05) is 26.9 Å². The first kappa shape index (κ1) is 13.3. The van der Waals surface area contributed by atoms with Crippen molar-refractivity contribution in [3.8, 4) is 0 Å². The number of hydrogen-bond acceptors (Lipinski definition) is 2. The number of halogens is 2. The Labute approximate surface area is 123 Å². The number of benzene rings is 1. The van der Waals surface area contributed by atoms with Crippen LogP contribution in [0.2, 0.25) is 0 Å². The minimum atomic E-state index is 0.950. The Hall–Kier alpha value is -0.160. The summed E-state index contributed by atoms with van der Waals surface area (Å²) in [5.74, 6) is 0. The molecule has 0 aliphatic heterocycles. The van der Waals surface area contributed by atoms with Crippen LogP contribution in [0.4, 0.5) is 0 Å². The fraction of sp³-hybridized carbons (Fsp3) is 0.231. The SMILES string of the molecule is CN(Cc1ccccc1Br)Cc1sccc1Br. The van der Waals surface area contributed by atoms with Crippen LogP contribution in [0.15, 0.2) is 44.7 Å². The lowest BCUT2D eigenvalue weighted by molar-refractivity contribution is 0.321. The quantitative estimate of drug-likeness (QED) is 0.735. The molecule has 90 valence electrons. The molecule has 2 aromatic rings. The van der Waals surface area contributed by atoms with E-state index in [1.165, 1.54) is 19.4 Å². The topological polar surface area (TPSA) is 3.24 Å². The summed E-state index contributed by atoms with van der Waals surface area (Å²) in [6.45, 7) is 1.92. The summed E-state index contributed by atoms with van der Waals surface area (Å²) in [5.41, 5.74) is 1.32. The third kappa shape index (κ3) is 3.65. The van der Waals surface area contributed by atoms with E-state index in [0.717, 1.165) is 13.1 Å². The highest BCUT2D eigenvalue weighted by molar-refractivity contribution is 9.10. The summed E-state index contributed by atoms with van der Waals surface area (Å²) in [4.78, 5) is 3.69. The fourth-order valence-electron chi connectivity index (χ4n) is 1.66. The lowest BCUT2D eigenvalue weighted by Gasteiger charge is -2.17. The predicted molar refractivity (Wildman–Crippen MR) is 81.3 cm³/mol. The average molecular weight is 375 g/mol. The van der Waals surface area contributed by atoms with E-state index in [1.54, 1.807) is 11.3 Å². The second-order valence-electron chi connectivity index (χ2n) is 3.96. The first-order chi connectivity index (χ1) is 8.16. The highest BCUT2D eigenvalue weighted by Gasteiger charge is 2.07. The van der Waals surface area contributed by atoms with Crippen molar-refractivity contribution in [2.24, 2.45) is 0 Å². The van der Waals surface area contributed by atoms with E-state index in [9.17, 15) is 0 Å². The van der Waals surface area contributed by atoms with Gasteiger partial charge in [-0.25, -0.2) is 0 Å². The Balaban J connectivity index is 2.01. The first-order valence-electron chi connectivity index (χ1n) is 5.30. The minimum Gasteiger partial charge on any atom is -0.297 e. The standard InChI is InChI=1S/C13H13Br2NS/c1-16(9-13-12(15)6-7-17-13)8-10-4-2-3-5-11(10)14/h2-7H,8-9H2,1H3. The van der Waals surface area contributed by atoms with E-state index in [1.807, 2.05) is 6.07 Å². The molecule has 0 atom stereocenters. The summed E-state index contributed by atoms with van der Waals surface area (Å²) < 4.78 is 2.39. The highest BCUT2D eigenvalue weighted by atomic mass is 79.9. The van der Waals surface area contributed by atoms with Gasteiger partial charge >= 0.3 is 0 Å². The Bertz CT molecular complexity index is 496. The van der Waals surface area contributed by atoms with Crippen molar-refractivity contribution < 1.29 is 0 Å². The van der Waals surface area contributed by atoms with Gasteiger partial charge in [0.15, 0.2) is 0 Å². The second-order valence-corrected chi connectivity index (χ2v) is 6.66. The van der Waals surface area contributed by atoms with Crippen molar-refractivity contribution in [1.29, 1.82) is 0 Å². The van der Waals surface area contributed by atoms with Crippen LogP contribution >= 0.6 is 43.2 Å². The van der Waals surface area contributed by atoms with Gasteiger partial charge in [0.1, 0.15) is 0 Å². The fourth-order valence-corrected chi connectivity index (χ4v) is 3.62. The first-order valence-corrected chi connectivity index (χ1v) is 7.77. The van der Waals surface area contributed by atoms with Crippen LogP contribution in [0.1, 0.15) is 10.4 Å². The van der Waals surface area contributed by atoms with Gasteiger partial charge in [-0.15, -0.1) is 11.3 Å². The Morgan fingerprint density at radius 3 is 2.47 bits per heavy atom. The van der Waals surface area contributed by atoms with Gasteiger partial charge in [-0.2, -0.15) is 0 Å². The van der Waals surface area contributed by atoms with Crippen molar-refractivity contribution in [2.75, 3.05) is 7.05 Å². The van der Waals surface area contributed by atoms with E-state index >= 15 is 0 Å². The zero-order valence-electron chi connectivity index (χ0n) is 9.49. The summed E-state index contributed by atoms with van der Waals surface area (Å²) in [6, 6.07) is 10.5. The molecule has 0 saturated carbocycles. The summed E-state index contributed by atoms with van der Waals surface area (Å²) in [5, 5.41) is 2.12. The molecule has 0 fully saturated rings. The van der Waals surface area contributed by atoms with Crippen LogP contribution in [-0.2, 0) is 13.1 Å². The van der Waals surface area contributed by atoms with Crippen LogP contribution in [0.3, 0.4) is 0 Å². The van der Waals surface area contributed by atoms with Crippen LogP contribution in [0.25, 0.3) is 0 Å². The zero-order chi connectivity index (χ0) is 12.3. The van der Waals surface area contributed by atoms with Crippen LogP contribution in [0.5, 0.6) is 0 Å². The van der Waals surface area contributed by atoms with E-state index < -0.39 is 0 Å². The van der Waals surface area contributed by atoms with E-state index in [4.69, 9.17) is 0 Å². The van der Waals surface area contributed by atoms with Crippen LogP contribution in [-0.4, -0.2) is 11.9 Å². The molecule has 0 amide bonds. The van der Waals surface area contributed by atoms with Gasteiger partial charge < -0.3 is 0 Å². The Morgan fingerprint density at radius 1 is 1.06 bits per heavy atom. The number of nitrogens with zero attached hydrogens (tertiary/aromatic N) is 1. The van der Waals surface area contributed by atoms with Crippen molar-refractivity contribution in [3.63, 3.8) is 0 Å². The molecule has 2 rings (SSSR count). The molecular formula is C13H13Br2NS. The van der Waals surface area contributed by atoms with Crippen LogP contribution < -0.4 is 0 Å². The minimum absolute atomic E-state index is 0.950. The molecule has 0 aliphatic carbocycles. The van der Waals surface area contributed by atoms with Gasteiger partial charge in [0.2, 0.25) is 0 Å². The van der Waals surface area contributed by atoms with Gasteiger partial charge in [0.25, 0.3) is 0 Å². The van der Waals surface area contributed by atoms with E-state index in [0.29, 0.717) is 0 Å². The lowest BCUT2D eigenvalue weighted by atomic mass is 10.2. The third-order valence-electron chi connectivity index (χ3n) is 2.50. The molecule has 1 aromatic carbocycles. The van der Waals surface area contributed by atoms with Crippen molar-refractivity contribution in [1.82, 2.24) is 4.90 Å². The maximum absolute atomic E-state index is 3.58. The van der Waals surface area contributed by atoms with Gasteiger partial charge in [0.05, 0.1) is 0 Å². The monoisotopic (exact) mass is 373 g/mol.